The molecule has 0 radical (unpaired) electrons. The van der Waals surface area contributed by atoms with Crippen molar-refractivity contribution in [1.82, 2.24) is 0 Å². The Morgan fingerprint density at radius 2 is 1.79 bits per heavy atom. The Bertz CT molecular complexity index is 789. The first kappa shape index (κ1) is 25.7. The highest BCUT2D eigenvalue weighted by molar-refractivity contribution is 6.74. The van der Waals surface area contributed by atoms with Gasteiger partial charge >= 0.3 is 0 Å². The molecule has 0 aliphatic heterocycles. The molecule has 0 bridgehead atoms. The van der Waals surface area contributed by atoms with Gasteiger partial charge in [0.1, 0.15) is 0 Å². The SMILES string of the molecule is C=C[C@H]1C[C@@]2(C)C(CC[C@@H]2O[Si](C)(C)C(C)(C)C)C2C(C)CC3=C(CCC(OC)(OC)C3)C21. The van der Waals surface area contributed by atoms with E-state index in [1.165, 1.54) is 25.7 Å². The van der Waals surface area contributed by atoms with Gasteiger partial charge in [0.05, 0.1) is 6.10 Å². The maximum Gasteiger partial charge on any atom is 0.192 e. The fourth-order valence-corrected chi connectivity index (χ4v) is 9.55. The van der Waals surface area contributed by atoms with Gasteiger partial charge in [0.25, 0.3) is 0 Å². The average Bonchev–Trinajstić information content (AvgIpc) is 3.06. The monoisotopic (exact) mass is 474 g/mol. The van der Waals surface area contributed by atoms with Gasteiger partial charge in [0.15, 0.2) is 14.1 Å². The molecule has 4 aliphatic rings. The normalized spacial score (nSPS) is 40.8. The third-order valence-electron chi connectivity index (χ3n) is 11.0. The topological polar surface area (TPSA) is 27.7 Å². The molecular formula is C29H50O3Si. The highest BCUT2D eigenvalue weighted by Crippen LogP contribution is 2.65. The van der Waals surface area contributed by atoms with Crippen LogP contribution in [-0.4, -0.2) is 34.4 Å². The zero-order valence-electron chi connectivity index (χ0n) is 22.9. The largest absolute Gasteiger partial charge is 0.413 e. The van der Waals surface area contributed by atoms with E-state index in [0.29, 0.717) is 23.9 Å². The van der Waals surface area contributed by atoms with Gasteiger partial charge in [-0.25, -0.2) is 0 Å². The lowest BCUT2D eigenvalue weighted by Crippen LogP contribution is -2.54. The van der Waals surface area contributed by atoms with Crippen LogP contribution in [0.1, 0.15) is 79.6 Å². The number of methoxy groups -OCH3 is 2. The summed E-state index contributed by atoms with van der Waals surface area (Å²) in [5.74, 6) is 2.97. The summed E-state index contributed by atoms with van der Waals surface area (Å²) in [5, 5.41) is 0.256. The molecule has 7 atom stereocenters. The Hall–Kier alpha value is -0.423. The first-order valence-electron chi connectivity index (χ1n) is 13.4. The zero-order valence-corrected chi connectivity index (χ0v) is 23.9. The van der Waals surface area contributed by atoms with Crippen LogP contribution in [0.25, 0.3) is 0 Å². The van der Waals surface area contributed by atoms with Gasteiger partial charge in [-0.2, -0.15) is 0 Å². The number of hydrogen-bond donors (Lipinski definition) is 0. The number of allylic oxidation sites excluding steroid dienone is 2. The van der Waals surface area contributed by atoms with E-state index in [4.69, 9.17) is 13.9 Å². The van der Waals surface area contributed by atoms with E-state index in [1.807, 2.05) is 14.2 Å². The Kier molecular flexibility index (Phi) is 6.69. The van der Waals surface area contributed by atoms with Crippen LogP contribution in [0.5, 0.6) is 0 Å². The van der Waals surface area contributed by atoms with Crippen LogP contribution in [0.2, 0.25) is 18.1 Å². The molecule has 4 unspecified atom stereocenters. The first-order valence-corrected chi connectivity index (χ1v) is 16.3. The molecule has 0 aromatic carbocycles. The second kappa shape index (κ2) is 8.60. The lowest BCUT2D eigenvalue weighted by molar-refractivity contribution is -0.214. The molecule has 0 aromatic rings. The fourth-order valence-electron chi connectivity index (χ4n) is 8.10. The van der Waals surface area contributed by atoms with Gasteiger partial charge < -0.3 is 13.9 Å². The summed E-state index contributed by atoms with van der Waals surface area (Å²) < 4.78 is 18.9. The molecule has 0 N–H and O–H groups in total. The minimum atomic E-state index is -1.80. The third-order valence-corrected chi connectivity index (χ3v) is 15.5. The van der Waals surface area contributed by atoms with E-state index in [2.05, 4.69) is 60.4 Å². The van der Waals surface area contributed by atoms with E-state index >= 15 is 0 Å². The summed E-state index contributed by atoms with van der Waals surface area (Å²) in [6.07, 6.45) is 10.7. The van der Waals surface area contributed by atoms with Gasteiger partial charge in [-0.05, 0) is 85.2 Å². The predicted molar refractivity (Wildman–Crippen MR) is 140 cm³/mol. The van der Waals surface area contributed by atoms with Gasteiger partial charge in [-0.1, -0.05) is 51.8 Å². The molecule has 0 heterocycles. The lowest BCUT2D eigenvalue weighted by atomic mass is 9.48. The number of fused-ring (bicyclic) bond motifs is 4. The van der Waals surface area contributed by atoms with Crippen LogP contribution >= 0.6 is 0 Å². The number of ether oxygens (including phenoxy) is 2. The van der Waals surface area contributed by atoms with Crippen LogP contribution in [0.3, 0.4) is 0 Å². The van der Waals surface area contributed by atoms with Crippen LogP contribution < -0.4 is 0 Å². The predicted octanol–water partition coefficient (Wildman–Crippen LogP) is 7.74. The Morgan fingerprint density at radius 3 is 2.36 bits per heavy atom. The van der Waals surface area contributed by atoms with Gasteiger partial charge in [0.2, 0.25) is 0 Å². The average molecular weight is 475 g/mol. The molecule has 0 spiro atoms. The number of hydrogen-bond acceptors (Lipinski definition) is 3. The molecule has 0 aromatic heterocycles. The minimum Gasteiger partial charge on any atom is -0.413 e. The quantitative estimate of drug-likeness (QED) is 0.232. The summed E-state index contributed by atoms with van der Waals surface area (Å²) in [6.45, 7) is 21.5. The van der Waals surface area contributed by atoms with E-state index < -0.39 is 14.1 Å². The maximum atomic E-state index is 7.17. The molecular weight excluding hydrogens is 424 g/mol. The van der Waals surface area contributed by atoms with Crippen molar-refractivity contribution < 1.29 is 13.9 Å². The summed E-state index contributed by atoms with van der Waals surface area (Å²) in [6, 6.07) is 0. The lowest BCUT2D eigenvalue weighted by Gasteiger charge is -2.58. The molecule has 188 valence electrons. The Balaban J connectivity index is 1.67. The summed E-state index contributed by atoms with van der Waals surface area (Å²) >= 11 is 0. The van der Waals surface area contributed by atoms with Crippen LogP contribution in [0.15, 0.2) is 23.8 Å². The molecule has 33 heavy (non-hydrogen) atoms. The van der Waals surface area contributed by atoms with E-state index in [-0.39, 0.29) is 10.5 Å². The molecule has 0 saturated heterocycles. The summed E-state index contributed by atoms with van der Waals surface area (Å²) in [4.78, 5) is 0. The van der Waals surface area contributed by atoms with Crippen LogP contribution in [0.4, 0.5) is 0 Å². The van der Waals surface area contributed by atoms with Gasteiger partial charge in [-0.15, -0.1) is 6.58 Å². The maximum absolute atomic E-state index is 7.17. The van der Waals surface area contributed by atoms with Crippen molar-refractivity contribution in [3.63, 3.8) is 0 Å². The van der Waals surface area contributed by atoms with Crippen molar-refractivity contribution in [2.24, 2.45) is 35.0 Å². The highest BCUT2D eigenvalue weighted by atomic mass is 28.4. The van der Waals surface area contributed by atoms with Crippen molar-refractivity contribution in [1.29, 1.82) is 0 Å². The first-order chi connectivity index (χ1) is 15.3. The van der Waals surface area contributed by atoms with Crippen molar-refractivity contribution in [2.75, 3.05) is 14.2 Å². The highest BCUT2D eigenvalue weighted by Gasteiger charge is 2.61. The molecule has 0 amide bonds. The van der Waals surface area contributed by atoms with E-state index in [0.717, 1.165) is 31.1 Å². The molecule has 2 fully saturated rings. The Labute approximate surface area is 204 Å². The van der Waals surface area contributed by atoms with Crippen molar-refractivity contribution in [3.8, 4) is 0 Å². The fraction of sp³-hybridized carbons (Fsp3) is 0.862. The minimum absolute atomic E-state index is 0.256. The van der Waals surface area contributed by atoms with Gasteiger partial charge in [0, 0.05) is 27.1 Å². The van der Waals surface area contributed by atoms with Crippen molar-refractivity contribution >= 4 is 8.32 Å². The van der Waals surface area contributed by atoms with Crippen molar-refractivity contribution in [2.45, 2.75) is 110 Å². The second-order valence-corrected chi connectivity index (χ2v) is 18.3. The van der Waals surface area contributed by atoms with Crippen molar-refractivity contribution in [3.05, 3.63) is 23.8 Å². The molecule has 4 aliphatic carbocycles. The molecule has 4 heteroatoms. The molecule has 4 rings (SSSR count). The van der Waals surface area contributed by atoms with E-state index in [1.54, 1.807) is 11.1 Å². The molecule has 2 saturated carbocycles. The summed E-state index contributed by atoms with van der Waals surface area (Å²) in [7, 11) is 1.82. The number of rotatable bonds is 5. The van der Waals surface area contributed by atoms with Crippen LogP contribution in [0, 0.1) is 35.0 Å². The van der Waals surface area contributed by atoms with E-state index in [9.17, 15) is 0 Å². The standard InChI is InChI=1S/C29H50O3Si/c1-11-20-17-28(6)23(12-13-24(28)32-33(9,10)27(3,4)5)25-19(2)16-21-18-29(30-7,31-8)15-14-22(21)26(20)25/h11,19-20,23-26H,1,12-18H2,2-10H3/t19?,20-,23?,24-,25?,26?,28-/m0/s1. The Morgan fingerprint density at radius 1 is 1.12 bits per heavy atom. The third kappa shape index (κ3) is 4.05. The zero-order chi connectivity index (χ0) is 24.4. The second-order valence-electron chi connectivity index (χ2n) is 13.6. The molecule has 3 nitrogen and oxygen atoms in total. The smallest absolute Gasteiger partial charge is 0.192 e. The van der Waals surface area contributed by atoms with Gasteiger partial charge in [-0.3, -0.25) is 0 Å². The summed E-state index contributed by atoms with van der Waals surface area (Å²) in [5.41, 5.74) is 3.63. The van der Waals surface area contributed by atoms with Crippen LogP contribution in [-0.2, 0) is 13.9 Å².